The molecule has 1 aromatic heterocycles. The Labute approximate surface area is 106 Å². The first-order valence-corrected chi connectivity index (χ1v) is 5.62. The Morgan fingerprint density at radius 2 is 2.22 bits per heavy atom. The van der Waals surface area contributed by atoms with Gasteiger partial charge in [0.1, 0.15) is 0 Å². The highest BCUT2D eigenvalue weighted by Crippen LogP contribution is 1.97. The monoisotopic (exact) mass is 247 g/mol. The molecule has 0 atom stereocenters. The second kappa shape index (κ2) is 7.97. The van der Waals surface area contributed by atoms with Gasteiger partial charge in [-0.1, -0.05) is 0 Å². The molecule has 0 fully saturated rings. The number of nitrogens with one attached hydrogen (secondary N) is 3. The number of nitrogens with zero attached hydrogens (tertiary/aromatic N) is 4. The van der Waals surface area contributed by atoms with Crippen molar-refractivity contribution < 1.29 is 0 Å². The fourth-order valence-electron chi connectivity index (χ4n) is 1.30. The Morgan fingerprint density at radius 1 is 1.44 bits per heavy atom. The van der Waals surface area contributed by atoms with Crippen LogP contribution in [0.15, 0.2) is 17.4 Å². The molecule has 7 heteroatoms. The van der Waals surface area contributed by atoms with Crippen LogP contribution < -0.4 is 16.0 Å². The summed E-state index contributed by atoms with van der Waals surface area (Å²) >= 11 is 0. The Kier molecular flexibility index (Phi) is 6.14. The summed E-state index contributed by atoms with van der Waals surface area (Å²) in [5.41, 5.74) is 1.86. The SMILES string of the molecule is CN/C(=N/CCNCc1nccnc1C)NC#N. The minimum Gasteiger partial charge on any atom is -0.359 e. The van der Waals surface area contributed by atoms with Crippen LogP contribution in [0.25, 0.3) is 0 Å². The summed E-state index contributed by atoms with van der Waals surface area (Å²) in [5, 5.41) is 16.9. The van der Waals surface area contributed by atoms with Gasteiger partial charge in [-0.2, -0.15) is 5.26 Å². The lowest BCUT2D eigenvalue weighted by atomic mass is 10.3. The number of hydrogen-bond donors (Lipinski definition) is 3. The summed E-state index contributed by atoms with van der Waals surface area (Å²) in [4.78, 5) is 12.5. The van der Waals surface area contributed by atoms with Crippen molar-refractivity contribution >= 4 is 5.96 Å². The van der Waals surface area contributed by atoms with E-state index in [1.807, 2.05) is 13.1 Å². The van der Waals surface area contributed by atoms with Gasteiger partial charge in [0.25, 0.3) is 0 Å². The van der Waals surface area contributed by atoms with Gasteiger partial charge in [0.2, 0.25) is 5.96 Å². The fourth-order valence-corrected chi connectivity index (χ4v) is 1.30. The summed E-state index contributed by atoms with van der Waals surface area (Å²) < 4.78 is 0. The van der Waals surface area contributed by atoms with Crippen LogP contribution in [0.1, 0.15) is 11.4 Å². The number of nitriles is 1. The van der Waals surface area contributed by atoms with Gasteiger partial charge in [-0.15, -0.1) is 0 Å². The molecule has 0 bridgehead atoms. The second-order valence-electron chi connectivity index (χ2n) is 3.48. The van der Waals surface area contributed by atoms with Crippen LogP contribution in [0, 0.1) is 18.4 Å². The zero-order chi connectivity index (χ0) is 13.2. The summed E-state index contributed by atoms with van der Waals surface area (Å²) in [7, 11) is 1.71. The van der Waals surface area contributed by atoms with Crippen molar-refractivity contribution in [2.45, 2.75) is 13.5 Å². The Balaban J connectivity index is 2.27. The quantitative estimate of drug-likeness (QED) is 0.214. The first-order chi connectivity index (χ1) is 8.77. The van der Waals surface area contributed by atoms with Gasteiger partial charge in [-0.3, -0.25) is 20.3 Å². The van der Waals surface area contributed by atoms with Gasteiger partial charge in [0, 0.05) is 32.5 Å². The van der Waals surface area contributed by atoms with Crippen molar-refractivity contribution in [1.29, 1.82) is 5.26 Å². The molecular formula is C11H17N7. The molecule has 0 aliphatic heterocycles. The number of aromatic nitrogens is 2. The van der Waals surface area contributed by atoms with Gasteiger partial charge in [-0.05, 0) is 6.92 Å². The van der Waals surface area contributed by atoms with Crippen molar-refractivity contribution in [2.75, 3.05) is 20.1 Å². The molecule has 7 nitrogen and oxygen atoms in total. The van der Waals surface area contributed by atoms with E-state index in [0.29, 0.717) is 25.6 Å². The average Bonchev–Trinajstić information content (AvgIpc) is 2.39. The fraction of sp³-hybridized carbons (Fsp3) is 0.455. The molecule has 1 rings (SSSR count). The molecule has 0 spiro atoms. The minimum absolute atomic E-state index is 0.468. The predicted molar refractivity (Wildman–Crippen MR) is 68.6 cm³/mol. The van der Waals surface area contributed by atoms with E-state index in [2.05, 4.69) is 30.9 Å². The minimum atomic E-state index is 0.468. The summed E-state index contributed by atoms with van der Waals surface area (Å²) in [6.45, 7) is 3.87. The van der Waals surface area contributed by atoms with E-state index in [9.17, 15) is 0 Å². The molecule has 0 amide bonds. The van der Waals surface area contributed by atoms with E-state index < -0.39 is 0 Å². The van der Waals surface area contributed by atoms with E-state index in [1.54, 1.807) is 19.4 Å². The third-order valence-corrected chi connectivity index (χ3v) is 2.24. The number of aryl methyl sites for hydroxylation is 1. The van der Waals surface area contributed by atoms with Gasteiger partial charge >= 0.3 is 0 Å². The number of guanidine groups is 1. The van der Waals surface area contributed by atoms with Crippen molar-refractivity contribution in [3.63, 3.8) is 0 Å². The zero-order valence-corrected chi connectivity index (χ0v) is 10.6. The maximum atomic E-state index is 8.44. The largest absolute Gasteiger partial charge is 0.359 e. The molecule has 0 aliphatic rings. The lowest BCUT2D eigenvalue weighted by molar-refractivity contribution is 0.674. The molecule has 18 heavy (non-hydrogen) atoms. The van der Waals surface area contributed by atoms with Gasteiger partial charge in [0.15, 0.2) is 6.19 Å². The van der Waals surface area contributed by atoms with Crippen LogP contribution in [-0.4, -0.2) is 36.1 Å². The summed E-state index contributed by atoms with van der Waals surface area (Å²) in [6, 6.07) is 0. The van der Waals surface area contributed by atoms with Crippen LogP contribution in [0.5, 0.6) is 0 Å². The Hall–Kier alpha value is -2.20. The highest BCUT2D eigenvalue weighted by atomic mass is 15.2. The highest BCUT2D eigenvalue weighted by Gasteiger charge is 1.98. The van der Waals surface area contributed by atoms with Crippen molar-refractivity contribution in [3.8, 4) is 6.19 Å². The molecule has 3 N–H and O–H groups in total. The molecule has 0 aromatic carbocycles. The standard InChI is InChI=1S/C11H17N7/c1-9-10(16-6-5-15-9)7-14-3-4-17-11(13-2)18-8-12/h5-6,14H,3-4,7H2,1-2H3,(H2,13,17,18). The van der Waals surface area contributed by atoms with Crippen LogP contribution >= 0.6 is 0 Å². The molecular weight excluding hydrogens is 230 g/mol. The Morgan fingerprint density at radius 3 is 2.89 bits per heavy atom. The van der Waals surface area contributed by atoms with Crippen molar-refractivity contribution in [2.24, 2.45) is 4.99 Å². The Bertz CT molecular complexity index is 435. The summed E-state index contributed by atoms with van der Waals surface area (Å²) in [6.07, 6.45) is 5.17. The second-order valence-corrected chi connectivity index (χ2v) is 3.48. The first-order valence-electron chi connectivity index (χ1n) is 5.62. The van der Waals surface area contributed by atoms with Gasteiger partial charge in [0.05, 0.1) is 17.9 Å². The number of hydrogen-bond acceptors (Lipinski definition) is 5. The molecule has 0 saturated heterocycles. The van der Waals surface area contributed by atoms with Gasteiger partial charge < -0.3 is 10.6 Å². The van der Waals surface area contributed by atoms with Crippen LogP contribution in [-0.2, 0) is 6.54 Å². The molecule has 0 saturated carbocycles. The van der Waals surface area contributed by atoms with Crippen LogP contribution in [0.2, 0.25) is 0 Å². The van der Waals surface area contributed by atoms with E-state index >= 15 is 0 Å². The topological polar surface area (TPSA) is 98.0 Å². The lowest BCUT2D eigenvalue weighted by Crippen LogP contribution is -2.32. The van der Waals surface area contributed by atoms with Crippen LogP contribution in [0.4, 0.5) is 0 Å². The predicted octanol–water partition coefficient (Wildman–Crippen LogP) is -0.479. The van der Waals surface area contributed by atoms with Crippen molar-refractivity contribution in [1.82, 2.24) is 25.9 Å². The molecule has 0 unspecified atom stereocenters. The highest BCUT2D eigenvalue weighted by molar-refractivity contribution is 5.80. The molecule has 1 heterocycles. The maximum absolute atomic E-state index is 8.44. The van der Waals surface area contributed by atoms with Crippen molar-refractivity contribution in [3.05, 3.63) is 23.8 Å². The van der Waals surface area contributed by atoms with E-state index in [1.165, 1.54) is 0 Å². The summed E-state index contributed by atoms with van der Waals surface area (Å²) in [5.74, 6) is 0.468. The normalized spacial score (nSPS) is 10.8. The third kappa shape index (κ3) is 4.76. The van der Waals surface area contributed by atoms with Crippen LogP contribution in [0.3, 0.4) is 0 Å². The zero-order valence-electron chi connectivity index (χ0n) is 10.6. The first kappa shape index (κ1) is 13.9. The van der Waals surface area contributed by atoms with E-state index in [4.69, 9.17) is 5.26 Å². The molecule has 96 valence electrons. The number of aliphatic imine (C=N–C) groups is 1. The third-order valence-electron chi connectivity index (χ3n) is 2.24. The lowest BCUT2D eigenvalue weighted by Gasteiger charge is -2.05. The molecule has 1 aromatic rings. The smallest absolute Gasteiger partial charge is 0.204 e. The average molecular weight is 247 g/mol. The van der Waals surface area contributed by atoms with E-state index in [0.717, 1.165) is 11.4 Å². The molecule has 0 radical (unpaired) electrons. The maximum Gasteiger partial charge on any atom is 0.204 e. The number of rotatable bonds is 5. The van der Waals surface area contributed by atoms with Gasteiger partial charge in [-0.25, -0.2) is 0 Å². The van der Waals surface area contributed by atoms with E-state index in [-0.39, 0.29) is 0 Å². The molecule has 0 aliphatic carbocycles.